The molecule has 3 heterocycles. The molecule has 1 fully saturated rings. The molecule has 5 nitrogen and oxygen atoms in total. The number of piperidine rings is 1. The number of ether oxygens (including phenoxy) is 1. The Morgan fingerprint density at radius 3 is 2.75 bits per heavy atom. The van der Waals surface area contributed by atoms with Crippen LogP contribution >= 0.6 is 0 Å². The van der Waals surface area contributed by atoms with Crippen LogP contribution in [0.4, 0.5) is 4.79 Å². The van der Waals surface area contributed by atoms with E-state index < -0.39 is 0 Å². The summed E-state index contributed by atoms with van der Waals surface area (Å²) in [5.41, 5.74) is 3.74. The van der Waals surface area contributed by atoms with Gasteiger partial charge in [-0.15, -0.1) is 0 Å². The Kier molecular flexibility index (Phi) is 4.43. The van der Waals surface area contributed by atoms with Crippen molar-refractivity contribution in [1.29, 1.82) is 0 Å². The molecule has 1 aromatic heterocycles. The Morgan fingerprint density at radius 1 is 1.07 bits per heavy atom. The molecule has 0 aliphatic carbocycles. The van der Waals surface area contributed by atoms with Gasteiger partial charge in [0.1, 0.15) is 12.4 Å². The van der Waals surface area contributed by atoms with E-state index in [-0.39, 0.29) is 12.1 Å². The molecule has 0 unspecified atom stereocenters. The van der Waals surface area contributed by atoms with E-state index in [1.54, 1.807) is 0 Å². The first-order valence-electron chi connectivity index (χ1n) is 10.1. The van der Waals surface area contributed by atoms with Crippen LogP contribution in [-0.4, -0.2) is 41.7 Å². The fraction of sp³-hybridized carbons (Fsp3) is 0.348. The number of hydrogen-bond acceptors (Lipinski definition) is 2. The second kappa shape index (κ2) is 7.23. The molecule has 1 atom stereocenters. The summed E-state index contributed by atoms with van der Waals surface area (Å²) in [6.07, 6.45) is 4.97. The summed E-state index contributed by atoms with van der Waals surface area (Å²) in [5.74, 6) is 1.44. The zero-order valence-corrected chi connectivity index (χ0v) is 15.9. The normalized spacial score (nSPS) is 19.9. The van der Waals surface area contributed by atoms with Gasteiger partial charge in [0, 0.05) is 30.2 Å². The molecule has 2 aliphatic heterocycles. The zero-order chi connectivity index (χ0) is 18.9. The maximum absolute atomic E-state index is 12.7. The van der Waals surface area contributed by atoms with Gasteiger partial charge in [-0.3, -0.25) is 0 Å². The molecular formula is C23H25N3O2. The van der Waals surface area contributed by atoms with E-state index in [1.807, 2.05) is 23.1 Å². The molecule has 3 aromatic rings. The van der Waals surface area contributed by atoms with Crippen molar-refractivity contribution in [2.75, 3.05) is 19.7 Å². The van der Waals surface area contributed by atoms with Crippen LogP contribution in [0.3, 0.4) is 0 Å². The average Bonchev–Trinajstić information content (AvgIpc) is 3.18. The van der Waals surface area contributed by atoms with Crippen LogP contribution in [0.1, 0.15) is 29.9 Å². The van der Waals surface area contributed by atoms with E-state index in [1.165, 1.54) is 16.5 Å². The number of nitrogens with one attached hydrogen (secondary N) is 2. The molecule has 2 N–H and O–H groups in total. The van der Waals surface area contributed by atoms with E-state index >= 15 is 0 Å². The first-order valence-corrected chi connectivity index (χ1v) is 10.1. The van der Waals surface area contributed by atoms with Crippen molar-refractivity contribution in [3.05, 3.63) is 65.9 Å². The number of para-hydroxylation sites is 2. The number of likely N-dealkylation sites (tertiary alicyclic amines) is 1. The predicted molar refractivity (Wildman–Crippen MR) is 110 cm³/mol. The highest BCUT2D eigenvalue weighted by Crippen LogP contribution is 2.33. The van der Waals surface area contributed by atoms with Gasteiger partial charge in [0.15, 0.2) is 0 Å². The molecule has 2 aliphatic rings. The largest absolute Gasteiger partial charge is 0.491 e. The lowest BCUT2D eigenvalue weighted by Crippen LogP contribution is -2.50. The van der Waals surface area contributed by atoms with Gasteiger partial charge in [-0.1, -0.05) is 36.4 Å². The summed E-state index contributed by atoms with van der Waals surface area (Å²) in [7, 11) is 0. The van der Waals surface area contributed by atoms with Crippen molar-refractivity contribution in [3.63, 3.8) is 0 Å². The summed E-state index contributed by atoms with van der Waals surface area (Å²) in [6.45, 7) is 2.12. The van der Waals surface area contributed by atoms with Crippen molar-refractivity contribution < 1.29 is 9.53 Å². The number of H-pyrrole nitrogens is 1. The fourth-order valence-electron chi connectivity index (χ4n) is 4.51. The van der Waals surface area contributed by atoms with E-state index in [2.05, 4.69) is 46.8 Å². The van der Waals surface area contributed by atoms with Crippen molar-refractivity contribution in [2.24, 2.45) is 0 Å². The lowest BCUT2D eigenvalue weighted by atomic mass is 9.89. The second-order valence-electron chi connectivity index (χ2n) is 7.82. The number of aromatic amines is 1. The summed E-state index contributed by atoms with van der Waals surface area (Å²) >= 11 is 0. The monoisotopic (exact) mass is 375 g/mol. The number of aromatic nitrogens is 1. The molecule has 0 bridgehead atoms. The minimum atomic E-state index is 0.0327. The average molecular weight is 375 g/mol. The first-order chi connectivity index (χ1) is 13.8. The minimum Gasteiger partial charge on any atom is -0.491 e. The topological polar surface area (TPSA) is 57.4 Å². The van der Waals surface area contributed by atoms with Crippen LogP contribution in [0.15, 0.2) is 54.7 Å². The maximum Gasteiger partial charge on any atom is 0.317 e. The maximum atomic E-state index is 12.7. The van der Waals surface area contributed by atoms with Gasteiger partial charge >= 0.3 is 6.03 Å². The highest BCUT2D eigenvalue weighted by atomic mass is 16.5. The van der Waals surface area contributed by atoms with E-state index in [0.717, 1.165) is 43.7 Å². The van der Waals surface area contributed by atoms with Crippen molar-refractivity contribution in [2.45, 2.75) is 31.2 Å². The molecule has 144 valence electrons. The van der Waals surface area contributed by atoms with E-state index in [4.69, 9.17) is 4.74 Å². The van der Waals surface area contributed by atoms with Crippen LogP contribution in [0.25, 0.3) is 10.9 Å². The summed E-state index contributed by atoms with van der Waals surface area (Å²) in [5, 5.41) is 4.47. The second-order valence-corrected chi connectivity index (χ2v) is 7.82. The van der Waals surface area contributed by atoms with Crippen LogP contribution in [-0.2, 0) is 6.42 Å². The number of fused-ring (bicyclic) bond motifs is 2. The molecule has 5 heteroatoms. The Hall–Kier alpha value is -2.95. The van der Waals surface area contributed by atoms with Crippen LogP contribution in [0, 0.1) is 0 Å². The Morgan fingerprint density at radius 2 is 1.86 bits per heavy atom. The number of hydrogen-bond donors (Lipinski definition) is 2. The number of carbonyl (C=O) groups is 1. The van der Waals surface area contributed by atoms with Gasteiger partial charge in [0.25, 0.3) is 0 Å². The van der Waals surface area contributed by atoms with Gasteiger partial charge < -0.3 is 19.9 Å². The van der Waals surface area contributed by atoms with Crippen molar-refractivity contribution >= 4 is 16.9 Å². The Labute approximate surface area is 164 Å². The fourth-order valence-corrected chi connectivity index (χ4v) is 4.51. The van der Waals surface area contributed by atoms with Crippen LogP contribution in [0.5, 0.6) is 5.75 Å². The van der Waals surface area contributed by atoms with Gasteiger partial charge in [-0.2, -0.15) is 0 Å². The third kappa shape index (κ3) is 3.21. The summed E-state index contributed by atoms with van der Waals surface area (Å²) in [6, 6.07) is 16.6. The predicted octanol–water partition coefficient (Wildman–Crippen LogP) is 4.06. The zero-order valence-electron chi connectivity index (χ0n) is 15.9. The standard InChI is InChI=1S/C23H25N3O2/c27-23(25-18-13-17-5-1-4-8-22(17)28-15-18)26-11-9-16(10-12-26)20-14-24-21-7-3-2-6-19(20)21/h1-8,14,16,18,24H,9-13,15H2,(H,25,27)/t18-/m0/s1. The van der Waals surface area contributed by atoms with Gasteiger partial charge in [0.05, 0.1) is 6.04 Å². The molecule has 2 aromatic carbocycles. The SMILES string of the molecule is O=C(N[C@@H]1COc2ccccc2C1)N1CCC(c2c[nH]c3ccccc23)CC1. The number of amides is 2. The summed E-state index contributed by atoms with van der Waals surface area (Å²) < 4.78 is 5.79. The number of nitrogens with zero attached hydrogens (tertiary/aromatic N) is 1. The van der Waals surface area contributed by atoms with Crippen molar-refractivity contribution in [3.8, 4) is 5.75 Å². The van der Waals surface area contributed by atoms with Crippen molar-refractivity contribution in [1.82, 2.24) is 15.2 Å². The van der Waals surface area contributed by atoms with Gasteiger partial charge in [-0.25, -0.2) is 4.79 Å². The lowest BCUT2D eigenvalue weighted by molar-refractivity contribution is 0.167. The quantitative estimate of drug-likeness (QED) is 0.710. The van der Waals surface area contributed by atoms with Crippen LogP contribution < -0.4 is 10.1 Å². The molecule has 1 saturated heterocycles. The molecular weight excluding hydrogens is 350 g/mol. The molecule has 5 rings (SSSR count). The Bertz CT molecular complexity index is 988. The van der Waals surface area contributed by atoms with Gasteiger partial charge in [-0.05, 0) is 48.4 Å². The number of benzene rings is 2. The summed E-state index contributed by atoms with van der Waals surface area (Å²) in [4.78, 5) is 18.1. The molecule has 0 spiro atoms. The number of carbonyl (C=O) groups excluding carboxylic acids is 1. The highest BCUT2D eigenvalue weighted by molar-refractivity contribution is 5.83. The minimum absolute atomic E-state index is 0.0327. The molecule has 0 radical (unpaired) electrons. The first kappa shape index (κ1) is 17.2. The molecule has 2 amide bonds. The third-order valence-corrected chi connectivity index (χ3v) is 6.05. The van der Waals surface area contributed by atoms with E-state index in [9.17, 15) is 4.79 Å². The number of rotatable bonds is 2. The third-order valence-electron chi connectivity index (χ3n) is 6.05. The Balaban J connectivity index is 1.18. The van der Waals surface area contributed by atoms with Gasteiger partial charge in [0.2, 0.25) is 0 Å². The van der Waals surface area contributed by atoms with E-state index in [0.29, 0.717) is 12.5 Å². The lowest BCUT2D eigenvalue weighted by Gasteiger charge is -2.34. The highest BCUT2D eigenvalue weighted by Gasteiger charge is 2.28. The smallest absolute Gasteiger partial charge is 0.317 e. The van der Waals surface area contributed by atoms with Crippen LogP contribution in [0.2, 0.25) is 0 Å². The molecule has 0 saturated carbocycles. The molecule has 28 heavy (non-hydrogen) atoms. The number of urea groups is 1.